The molecule has 1 N–H and O–H groups in total. The molecule has 0 amide bonds. The molecule has 1 aliphatic heterocycles. The van der Waals surface area contributed by atoms with Gasteiger partial charge in [-0.05, 0) is 43.7 Å². The van der Waals surface area contributed by atoms with Crippen LogP contribution < -0.4 is 5.32 Å². The first kappa shape index (κ1) is 14.3. The van der Waals surface area contributed by atoms with Gasteiger partial charge in [-0.15, -0.1) is 0 Å². The second-order valence-electron chi connectivity index (χ2n) is 7.04. The first-order chi connectivity index (χ1) is 8.58. The van der Waals surface area contributed by atoms with Crippen LogP contribution in [0.5, 0.6) is 0 Å². The van der Waals surface area contributed by atoms with Gasteiger partial charge in [-0.1, -0.05) is 40.5 Å². The zero-order valence-electron chi connectivity index (χ0n) is 12.8. The molecule has 3 atom stereocenters. The van der Waals surface area contributed by atoms with E-state index in [-0.39, 0.29) is 0 Å². The Morgan fingerprint density at radius 1 is 1.22 bits per heavy atom. The van der Waals surface area contributed by atoms with Gasteiger partial charge in [-0.25, -0.2) is 0 Å². The van der Waals surface area contributed by atoms with E-state index in [1.54, 1.807) is 0 Å². The molecule has 2 aliphatic rings. The van der Waals surface area contributed by atoms with Crippen molar-refractivity contribution in [1.29, 1.82) is 0 Å². The Morgan fingerprint density at radius 3 is 2.61 bits per heavy atom. The van der Waals surface area contributed by atoms with Crippen LogP contribution in [0.15, 0.2) is 0 Å². The fraction of sp³-hybridized carbons (Fsp3) is 1.00. The molecule has 106 valence electrons. The van der Waals surface area contributed by atoms with Gasteiger partial charge in [0.05, 0.1) is 0 Å². The smallest absolute Gasteiger partial charge is 0.0274 e. The maximum absolute atomic E-state index is 3.79. The van der Waals surface area contributed by atoms with Crippen molar-refractivity contribution in [2.45, 2.75) is 71.9 Å². The average molecular weight is 252 g/mol. The summed E-state index contributed by atoms with van der Waals surface area (Å²) < 4.78 is 0. The van der Waals surface area contributed by atoms with Crippen molar-refractivity contribution in [2.24, 2.45) is 11.3 Å². The molecule has 1 saturated heterocycles. The summed E-state index contributed by atoms with van der Waals surface area (Å²) in [6.45, 7) is 13.3. The molecule has 1 heterocycles. The number of hydrogen-bond acceptors (Lipinski definition) is 2. The van der Waals surface area contributed by atoms with Crippen molar-refractivity contribution in [3.63, 3.8) is 0 Å². The standard InChI is InChI=1S/C16H32N2/c1-5-13-9-11-18(12-13)14-8-7-10-16(3,4)15(14)17-6-2/h13-15,17H,5-12H2,1-4H3. The Kier molecular flexibility index (Phi) is 4.71. The van der Waals surface area contributed by atoms with E-state index in [1.807, 2.05) is 0 Å². The summed E-state index contributed by atoms with van der Waals surface area (Å²) in [7, 11) is 0. The van der Waals surface area contributed by atoms with Gasteiger partial charge in [0.2, 0.25) is 0 Å². The van der Waals surface area contributed by atoms with E-state index in [4.69, 9.17) is 0 Å². The molecular weight excluding hydrogens is 220 g/mol. The molecule has 2 rings (SSSR count). The lowest BCUT2D eigenvalue weighted by Crippen LogP contribution is -2.58. The molecule has 1 saturated carbocycles. The van der Waals surface area contributed by atoms with Gasteiger partial charge >= 0.3 is 0 Å². The number of rotatable bonds is 4. The second kappa shape index (κ2) is 5.92. The van der Waals surface area contributed by atoms with E-state index in [1.165, 1.54) is 45.2 Å². The molecule has 2 fully saturated rings. The average Bonchev–Trinajstić information content (AvgIpc) is 2.80. The maximum atomic E-state index is 3.79. The summed E-state index contributed by atoms with van der Waals surface area (Å²) in [5.74, 6) is 0.956. The summed E-state index contributed by atoms with van der Waals surface area (Å²) in [4.78, 5) is 2.79. The molecule has 0 spiro atoms. The van der Waals surface area contributed by atoms with Crippen LogP contribution in [0.1, 0.15) is 59.8 Å². The van der Waals surface area contributed by atoms with Gasteiger partial charge in [0, 0.05) is 18.6 Å². The molecule has 3 unspecified atom stereocenters. The van der Waals surface area contributed by atoms with Crippen molar-refractivity contribution in [2.75, 3.05) is 19.6 Å². The lowest BCUT2D eigenvalue weighted by Gasteiger charge is -2.48. The minimum atomic E-state index is 0.462. The third-order valence-corrected chi connectivity index (χ3v) is 5.34. The third-order valence-electron chi connectivity index (χ3n) is 5.34. The minimum absolute atomic E-state index is 0.462. The van der Waals surface area contributed by atoms with Crippen molar-refractivity contribution in [3.05, 3.63) is 0 Å². The Bertz CT molecular complexity index is 262. The fourth-order valence-electron chi connectivity index (χ4n) is 4.13. The lowest BCUT2D eigenvalue weighted by molar-refractivity contribution is 0.0604. The fourth-order valence-corrected chi connectivity index (χ4v) is 4.13. The Balaban J connectivity index is 2.05. The third kappa shape index (κ3) is 2.91. The topological polar surface area (TPSA) is 15.3 Å². The normalized spacial score (nSPS) is 37.0. The number of hydrogen-bond donors (Lipinski definition) is 1. The van der Waals surface area contributed by atoms with Crippen LogP contribution in [0.4, 0.5) is 0 Å². The van der Waals surface area contributed by atoms with Gasteiger partial charge in [0.1, 0.15) is 0 Å². The van der Waals surface area contributed by atoms with Crippen molar-refractivity contribution in [3.8, 4) is 0 Å². The highest BCUT2D eigenvalue weighted by molar-refractivity contribution is 4.99. The molecule has 0 bridgehead atoms. The van der Waals surface area contributed by atoms with Crippen molar-refractivity contribution < 1.29 is 0 Å². The Labute approximate surface area is 114 Å². The van der Waals surface area contributed by atoms with Crippen LogP contribution in [0, 0.1) is 11.3 Å². The highest BCUT2D eigenvalue weighted by Crippen LogP contribution is 2.39. The highest BCUT2D eigenvalue weighted by atomic mass is 15.2. The molecule has 0 radical (unpaired) electrons. The summed E-state index contributed by atoms with van der Waals surface area (Å²) in [5, 5.41) is 3.79. The molecule has 0 aromatic carbocycles. The number of likely N-dealkylation sites (N-methyl/N-ethyl adjacent to an activating group) is 1. The number of nitrogens with one attached hydrogen (secondary N) is 1. The van der Waals surface area contributed by atoms with Gasteiger partial charge in [-0.2, -0.15) is 0 Å². The minimum Gasteiger partial charge on any atom is -0.312 e. The predicted octanol–water partition coefficient (Wildman–Crippen LogP) is 3.28. The maximum Gasteiger partial charge on any atom is 0.0274 e. The Morgan fingerprint density at radius 2 is 2.00 bits per heavy atom. The van der Waals surface area contributed by atoms with Gasteiger partial charge < -0.3 is 5.32 Å². The van der Waals surface area contributed by atoms with E-state index in [0.717, 1.165) is 18.5 Å². The van der Waals surface area contributed by atoms with E-state index in [2.05, 4.69) is 37.9 Å². The summed E-state index contributed by atoms with van der Waals surface area (Å²) >= 11 is 0. The van der Waals surface area contributed by atoms with Crippen LogP contribution >= 0.6 is 0 Å². The summed E-state index contributed by atoms with van der Waals surface area (Å²) in [6.07, 6.45) is 6.97. The van der Waals surface area contributed by atoms with Crippen LogP contribution in [0.2, 0.25) is 0 Å². The molecule has 18 heavy (non-hydrogen) atoms. The highest BCUT2D eigenvalue weighted by Gasteiger charge is 2.42. The first-order valence-electron chi connectivity index (χ1n) is 8.06. The van der Waals surface area contributed by atoms with Crippen LogP contribution in [-0.4, -0.2) is 36.6 Å². The van der Waals surface area contributed by atoms with Crippen LogP contribution in [0.25, 0.3) is 0 Å². The summed E-state index contributed by atoms with van der Waals surface area (Å²) in [6, 6.07) is 1.47. The molecule has 0 aromatic heterocycles. The second-order valence-corrected chi connectivity index (χ2v) is 7.04. The zero-order valence-corrected chi connectivity index (χ0v) is 12.8. The number of likely N-dealkylation sites (tertiary alicyclic amines) is 1. The molecule has 2 heteroatoms. The number of nitrogens with zero attached hydrogens (tertiary/aromatic N) is 1. The Hall–Kier alpha value is -0.0800. The van der Waals surface area contributed by atoms with E-state index in [9.17, 15) is 0 Å². The van der Waals surface area contributed by atoms with E-state index < -0.39 is 0 Å². The first-order valence-corrected chi connectivity index (χ1v) is 8.06. The quantitative estimate of drug-likeness (QED) is 0.826. The van der Waals surface area contributed by atoms with E-state index >= 15 is 0 Å². The van der Waals surface area contributed by atoms with E-state index in [0.29, 0.717) is 11.5 Å². The monoisotopic (exact) mass is 252 g/mol. The van der Waals surface area contributed by atoms with Crippen molar-refractivity contribution >= 4 is 0 Å². The summed E-state index contributed by atoms with van der Waals surface area (Å²) in [5.41, 5.74) is 0.462. The molecular formula is C16H32N2. The van der Waals surface area contributed by atoms with Crippen LogP contribution in [0.3, 0.4) is 0 Å². The predicted molar refractivity (Wildman–Crippen MR) is 78.9 cm³/mol. The van der Waals surface area contributed by atoms with Gasteiger partial charge in [0.15, 0.2) is 0 Å². The van der Waals surface area contributed by atoms with Crippen molar-refractivity contribution in [1.82, 2.24) is 10.2 Å². The molecule has 1 aliphatic carbocycles. The zero-order chi connectivity index (χ0) is 13.2. The SMILES string of the molecule is CCNC1C(N2CCC(CC)C2)CCCC1(C)C. The lowest BCUT2D eigenvalue weighted by atomic mass is 9.70. The van der Waals surface area contributed by atoms with Gasteiger partial charge in [0.25, 0.3) is 0 Å². The van der Waals surface area contributed by atoms with Gasteiger partial charge in [-0.3, -0.25) is 4.90 Å². The molecule has 0 aromatic rings. The van der Waals surface area contributed by atoms with Crippen LogP contribution in [-0.2, 0) is 0 Å². The largest absolute Gasteiger partial charge is 0.312 e. The molecule has 2 nitrogen and oxygen atoms in total.